The van der Waals surface area contributed by atoms with E-state index in [4.69, 9.17) is 10.9 Å². The number of pyridine rings is 1. The topological polar surface area (TPSA) is 74.7 Å². The Bertz CT molecular complexity index is 441. The molecule has 2 rings (SSSR count). The predicted molar refractivity (Wildman–Crippen MR) is 75.0 cm³/mol. The molecule has 0 radical (unpaired) electrons. The fraction of sp³-hybridized carbons (Fsp3) is 0.571. The van der Waals surface area contributed by atoms with Gasteiger partial charge in [0, 0.05) is 19.3 Å². The maximum atomic E-state index is 8.66. The third-order valence-electron chi connectivity index (χ3n) is 3.69. The van der Waals surface area contributed by atoms with Gasteiger partial charge in [-0.05, 0) is 43.5 Å². The highest BCUT2D eigenvalue weighted by molar-refractivity contribution is 5.95. The Morgan fingerprint density at radius 3 is 2.95 bits per heavy atom. The van der Waals surface area contributed by atoms with Crippen molar-refractivity contribution in [3.05, 3.63) is 29.6 Å². The summed E-state index contributed by atoms with van der Waals surface area (Å²) in [6.07, 6.45) is 7.17. The zero-order valence-electron chi connectivity index (χ0n) is 11.4. The maximum Gasteiger partial charge on any atom is 0.188 e. The molecule has 3 N–H and O–H groups in total. The third-order valence-corrected chi connectivity index (χ3v) is 3.69. The van der Waals surface area contributed by atoms with Crippen molar-refractivity contribution in [1.29, 1.82) is 0 Å². The zero-order valence-corrected chi connectivity index (χ0v) is 11.4. The average Bonchev–Trinajstić information content (AvgIpc) is 2.90. The van der Waals surface area contributed by atoms with Crippen LogP contribution in [0.4, 0.5) is 0 Å². The van der Waals surface area contributed by atoms with Gasteiger partial charge < -0.3 is 15.8 Å². The largest absolute Gasteiger partial charge is 0.409 e. The fourth-order valence-electron chi connectivity index (χ4n) is 2.77. The standard InChI is InChI=1S/C14H22N4O/c1-18(9-11-4-2-3-5-11)10-12-6-7-16-13(8-12)14(15)17-19/h6-8,11,19H,2-5,9-10H2,1H3,(H2,15,17). The molecule has 1 aromatic rings. The summed E-state index contributed by atoms with van der Waals surface area (Å²) in [6, 6.07) is 3.85. The van der Waals surface area contributed by atoms with E-state index in [1.807, 2.05) is 12.1 Å². The summed E-state index contributed by atoms with van der Waals surface area (Å²) in [5, 5.41) is 11.6. The van der Waals surface area contributed by atoms with Crippen LogP contribution in [0.5, 0.6) is 0 Å². The number of rotatable bonds is 5. The molecule has 0 amide bonds. The van der Waals surface area contributed by atoms with E-state index in [1.54, 1.807) is 6.20 Å². The first-order valence-corrected chi connectivity index (χ1v) is 6.80. The first-order chi connectivity index (χ1) is 9.19. The van der Waals surface area contributed by atoms with Crippen LogP contribution >= 0.6 is 0 Å². The number of nitrogens with two attached hydrogens (primary N) is 1. The van der Waals surface area contributed by atoms with Crippen LogP contribution in [0.3, 0.4) is 0 Å². The van der Waals surface area contributed by atoms with Crippen LogP contribution < -0.4 is 5.73 Å². The Morgan fingerprint density at radius 2 is 2.26 bits per heavy atom. The van der Waals surface area contributed by atoms with Gasteiger partial charge in [0.1, 0.15) is 5.69 Å². The van der Waals surface area contributed by atoms with Gasteiger partial charge in [-0.2, -0.15) is 0 Å². The first kappa shape index (κ1) is 13.8. The molecule has 1 heterocycles. The minimum atomic E-state index is 0.0558. The molecule has 0 spiro atoms. The van der Waals surface area contributed by atoms with E-state index >= 15 is 0 Å². The highest BCUT2D eigenvalue weighted by Gasteiger charge is 2.16. The molecule has 0 aromatic carbocycles. The maximum absolute atomic E-state index is 8.66. The Hall–Kier alpha value is -1.62. The average molecular weight is 262 g/mol. The molecule has 1 aromatic heterocycles. The van der Waals surface area contributed by atoms with Crippen LogP contribution in [0.25, 0.3) is 0 Å². The van der Waals surface area contributed by atoms with Gasteiger partial charge in [0.2, 0.25) is 0 Å². The second kappa shape index (κ2) is 6.52. The summed E-state index contributed by atoms with van der Waals surface area (Å²) in [6.45, 7) is 2.01. The van der Waals surface area contributed by atoms with Gasteiger partial charge in [0.05, 0.1) is 0 Å². The lowest BCUT2D eigenvalue weighted by Gasteiger charge is -2.20. The van der Waals surface area contributed by atoms with Crippen LogP contribution in [0.1, 0.15) is 36.9 Å². The quantitative estimate of drug-likeness (QED) is 0.367. The van der Waals surface area contributed by atoms with Crippen molar-refractivity contribution in [2.75, 3.05) is 13.6 Å². The lowest BCUT2D eigenvalue weighted by molar-refractivity contribution is 0.271. The molecule has 0 saturated heterocycles. The summed E-state index contributed by atoms with van der Waals surface area (Å²) in [7, 11) is 2.14. The van der Waals surface area contributed by atoms with Crippen LogP contribution in [0.2, 0.25) is 0 Å². The van der Waals surface area contributed by atoms with Gasteiger partial charge in [-0.3, -0.25) is 4.98 Å². The van der Waals surface area contributed by atoms with Crippen molar-refractivity contribution in [2.45, 2.75) is 32.2 Å². The Labute approximate surface area is 114 Å². The molecule has 1 aliphatic carbocycles. The van der Waals surface area contributed by atoms with E-state index in [9.17, 15) is 0 Å². The molecule has 0 unspecified atom stereocenters. The van der Waals surface area contributed by atoms with Crippen molar-refractivity contribution in [1.82, 2.24) is 9.88 Å². The highest BCUT2D eigenvalue weighted by Crippen LogP contribution is 2.25. The molecule has 1 aliphatic rings. The van der Waals surface area contributed by atoms with Gasteiger partial charge in [0.15, 0.2) is 5.84 Å². The van der Waals surface area contributed by atoms with Crippen molar-refractivity contribution in [3.8, 4) is 0 Å². The van der Waals surface area contributed by atoms with Crippen molar-refractivity contribution in [2.24, 2.45) is 16.8 Å². The van der Waals surface area contributed by atoms with Crippen molar-refractivity contribution < 1.29 is 5.21 Å². The number of hydrogen-bond acceptors (Lipinski definition) is 4. The SMILES string of the molecule is CN(Cc1ccnc(C(N)=NO)c1)CC1CCCC1. The number of amidine groups is 1. The molecule has 5 nitrogen and oxygen atoms in total. The number of oxime groups is 1. The summed E-state index contributed by atoms with van der Waals surface area (Å²) in [5.41, 5.74) is 7.21. The number of hydrogen-bond donors (Lipinski definition) is 2. The molecule has 104 valence electrons. The second-order valence-electron chi connectivity index (χ2n) is 5.38. The molecule has 1 fully saturated rings. The minimum absolute atomic E-state index is 0.0558. The number of aromatic nitrogens is 1. The van der Waals surface area contributed by atoms with Crippen LogP contribution in [-0.4, -0.2) is 34.5 Å². The monoisotopic (exact) mass is 262 g/mol. The summed E-state index contributed by atoms with van der Waals surface area (Å²) >= 11 is 0. The normalized spacial score (nSPS) is 17.3. The molecular weight excluding hydrogens is 240 g/mol. The fourth-order valence-corrected chi connectivity index (χ4v) is 2.77. The molecule has 0 bridgehead atoms. The van der Waals surface area contributed by atoms with Gasteiger partial charge in [0.25, 0.3) is 0 Å². The molecular formula is C14H22N4O. The zero-order chi connectivity index (χ0) is 13.7. The Balaban J connectivity index is 1.94. The lowest BCUT2D eigenvalue weighted by atomic mass is 10.1. The van der Waals surface area contributed by atoms with Gasteiger partial charge in [-0.1, -0.05) is 18.0 Å². The van der Waals surface area contributed by atoms with Gasteiger partial charge >= 0.3 is 0 Å². The first-order valence-electron chi connectivity index (χ1n) is 6.80. The minimum Gasteiger partial charge on any atom is -0.409 e. The van der Waals surface area contributed by atoms with Crippen molar-refractivity contribution in [3.63, 3.8) is 0 Å². The molecule has 1 saturated carbocycles. The van der Waals surface area contributed by atoms with Crippen LogP contribution in [0.15, 0.2) is 23.5 Å². The molecule has 5 heteroatoms. The lowest BCUT2D eigenvalue weighted by Crippen LogP contribution is -2.24. The van der Waals surface area contributed by atoms with Gasteiger partial charge in [-0.15, -0.1) is 0 Å². The van der Waals surface area contributed by atoms with E-state index in [1.165, 1.54) is 25.7 Å². The molecule has 0 atom stereocenters. The van der Waals surface area contributed by atoms with E-state index in [0.717, 1.165) is 24.6 Å². The van der Waals surface area contributed by atoms with E-state index < -0.39 is 0 Å². The smallest absolute Gasteiger partial charge is 0.188 e. The predicted octanol–water partition coefficient (Wildman–Crippen LogP) is 1.80. The molecule has 0 aliphatic heterocycles. The van der Waals surface area contributed by atoms with Crippen LogP contribution in [0, 0.1) is 5.92 Å². The van der Waals surface area contributed by atoms with Crippen molar-refractivity contribution >= 4 is 5.84 Å². The highest BCUT2D eigenvalue weighted by atomic mass is 16.4. The Kier molecular flexibility index (Phi) is 4.74. The van der Waals surface area contributed by atoms with Crippen LogP contribution in [-0.2, 0) is 6.54 Å². The van der Waals surface area contributed by atoms with E-state index in [2.05, 4.69) is 22.1 Å². The van der Waals surface area contributed by atoms with E-state index in [0.29, 0.717) is 5.69 Å². The Morgan fingerprint density at radius 1 is 1.53 bits per heavy atom. The third kappa shape index (κ3) is 3.92. The number of nitrogens with zero attached hydrogens (tertiary/aromatic N) is 3. The summed E-state index contributed by atoms with van der Waals surface area (Å²) < 4.78 is 0. The molecule has 19 heavy (non-hydrogen) atoms. The van der Waals surface area contributed by atoms with Gasteiger partial charge in [-0.25, -0.2) is 0 Å². The van der Waals surface area contributed by atoms with E-state index in [-0.39, 0.29) is 5.84 Å². The summed E-state index contributed by atoms with van der Waals surface area (Å²) in [5.74, 6) is 0.899. The second-order valence-corrected chi connectivity index (χ2v) is 5.38. The summed E-state index contributed by atoms with van der Waals surface area (Å²) in [4.78, 5) is 6.42.